The van der Waals surface area contributed by atoms with Gasteiger partial charge in [0.1, 0.15) is 0 Å². The Balaban J connectivity index is 2.79. The van der Waals surface area contributed by atoms with Crippen LogP contribution < -0.4 is 10.0 Å². The Bertz CT molecular complexity index is 590. The van der Waals surface area contributed by atoms with Gasteiger partial charge in [-0.25, -0.2) is 13.1 Å². The SMILES string of the molecule is CC(=O)Nc1cccc(C(C)NS(=O)(=O)CC(C)CCl)c1. The summed E-state index contributed by atoms with van der Waals surface area (Å²) in [4.78, 5) is 11.0. The van der Waals surface area contributed by atoms with Crippen LogP contribution in [0.2, 0.25) is 0 Å². The van der Waals surface area contributed by atoms with E-state index in [2.05, 4.69) is 10.0 Å². The van der Waals surface area contributed by atoms with Crippen molar-refractivity contribution in [3.8, 4) is 0 Å². The fourth-order valence-electron chi connectivity index (χ4n) is 1.89. The van der Waals surface area contributed by atoms with Crippen molar-refractivity contribution in [2.45, 2.75) is 26.8 Å². The highest BCUT2D eigenvalue weighted by molar-refractivity contribution is 7.89. The molecule has 0 heterocycles. The maximum Gasteiger partial charge on any atom is 0.221 e. The molecule has 1 rings (SSSR count). The number of alkyl halides is 1. The first-order chi connectivity index (χ1) is 9.73. The number of rotatable bonds is 7. The lowest BCUT2D eigenvalue weighted by atomic mass is 10.1. The average molecular weight is 333 g/mol. The maximum atomic E-state index is 12.0. The van der Waals surface area contributed by atoms with Crippen molar-refractivity contribution in [3.63, 3.8) is 0 Å². The second-order valence-electron chi connectivity index (χ2n) is 5.19. The highest BCUT2D eigenvalue weighted by Gasteiger charge is 2.19. The second kappa shape index (κ2) is 7.77. The van der Waals surface area contributed by atoms with Crippen LogP contribution >= 0.6 is 11.6 Å². The number of anilines is 1. The van der Waals surface area contributed by atoms with E-state index >= 15 is 0 Å². The smallest absolute Gasteiger partial charge is 0.221 e. The Morgan fingerprint density at radius 3 is 2.57 bits per heavy atom. The minimum atomic E-state index is -3.40. The molecule has 0 aliphatic rings. The van der Waals surface area contributed by atoms with Crippen LogP contribution in [0, 0.1) is 5.92 Å². The van der Waals surface area contributed by atoms with Gasteiger partial charge in [0.15, 0.2) is 0 Å². The third kappa shape index (κ3) is 6.46. The maximum absolute atomic E-state index is 12.0. The number of hydrogen-bond acceptors (Lipinski definition) is 3. The summed E-state index contributed by atoms with van der Waals surface area (Å²) in [6.45, 7) is 4.97. The Hall–Kier alpha value is -1.11. The van der Waals surface area contributed by atoms with E-state index in [9.17, 15) is 13.2 Å². The standard InChI is InChI=1S/C14H21ClN2O3S/c1-10(8-15)9-21(19,20)17-11(2)13-5-4-6-14(7-13)16-12(3)18/h4-7,10-11,17H,8-9H2,1-3H3,(H,16,18). The van der Waals surface area contributed by atoms with Crippen molar-refractivity contribution >= 4 is 33.2 Å². The molecule has 2 N–H and O–H groups in total. The van der Waals surface area contributed by atoms with Crippen molar-refractivity contribution in [3.05, 3.63) is 29.8 Å². The minimum absolute atomic E-state index is 0.00771. The lowest BCUT2D eigenvalue weighted by Crippen LogP contribution is -2.31. The van der Waals surface area contributed by atoms with Gasteiger partial charge in [-0.05, 0) is 30.5 Å². The molecule has 0 aliphatic carbocycles. The van der Waals surface area contributed by atoms with Gasteiger partial charge in [-0.1, -0.05) is 19.1 Å². The molecule has 0 aliphatic heterocycles. The predicted octanol–water partition coefficient (Wildman–Crippen LogP) is 2.50. The fourth-order valence-corrected chi connectivity index (χ4v) is 3.77. The van der Waals surface area contributed by atoms with E-state index in [1.165, 1.54) is 6.92 Å². The van der Waals surface area contributed by atoms with E-state index in [1.54, 1.807) is 32.0 Å². The monoisotopic (exact) mass is 332 g/mol. The minimum Gasteiger partial charge on any atom is -0.326 e. The molecule has 7 heteroatoms. The number of benzene rings is 1. The van der Waals surface area contributed by atoms with Gasteiger partial charge in [0, 0.05) is 24.5 Å². The van der Waals surface area contributed by atoms with Crippen LogP contribution in [-0.2, 0) is 14.8 Å². The zero-order valence-electron chi connectivity index (χ0n) is 12.4. The Morgan fingerprint density at radius 2 is 2.00 bits per heavy atom. The molecular weight excluding hydrogens is 312 g/mol. The Kier molecular flexibility index (Phi) is 6.64. The van der Waals surface area contributed by atoms with Crippen LogP contribution in [-0.4, -0.2) is 26.0 Å². The van der Waals surface area contributed by atoms with E-state index in [0.717, 1.165) is 5.56 Å². The Labute approximate surface area is 131 Å². The highest BCUT2D eigenvalue weighted by Crippen LogP contribution is 2.18. The summed E-state index contributed by atoms with van der Waals surface area (Å²) in [7, 11) is -3.40. The van der Waals surface area contributed by atoms with Crippen LogP contribution in [0.4, 0.5) is 5.69 Å². The summed E-state index contributed by atoms with van der Waals surface area (Å²) in [6, 6.07) is 6.70. The first kappa shape index (κ1) is 17.9. The van der Waals surface area contributed by atoms with Crippen molar-refractivity contribution in [2.75, 3.05) is 16.9 Å². The fraction of sp³-hybridized carbons (Fsp3) is 0.500. The van der Waals surface area contributed by atoms with Crippen molar-refractivity contribution in [1.29, 1.82) is 0 Å². The number of hydrogen-bond donors (Lipinski definition) is 2. The van der Waals surface area contributed by atoms with E-state index in [4.69, 9.17) is 11.6 Å². The highest BCUT2D eigenvalue weighted by atomic mass is 35.5. The largest absolute Gasteiger partial charge is 0.326 e. The molecule has 1 amide bonds. The van der Waals surface area contributed by atoms with Gasteiger partial charge in [0.05, 0.1) is 5.75 Å². The number of carbonyl (C=O) groups excluding carboxylic acids is 1. The molecule has 21 heavy (non-hydrogen) atoms. The van der Waals surface area contributed by atoms with Gasteiger partial charge < -0.3 is 5.32 Å². The van der Waals surface area contributed by atoms with Gasteiger partial charge >= 0.3 is 0 Å². The first-order valence-electron chi connectivity index (χ1n) is 6.67. The lowest BCUT2D eigenvalue weighted by Gasteiger charge is -2.17. The third-order valence-corrected chi connectivity index (χ3v) is 5.08. The number of amides is 1. The first-order valence-corrected chi connectivity index (χ1v) is 8.85. The van der Waals surface area contributed by atoms with Gasteiger partial charge in [0.2, 0.25) is 15.9 Å². The number of halogens is 1. The van der Waals surface area contributed by atoms with E-state index in [1.807, 2.05) is 6.07 Å². The van der Waals surface area contributed by atoms with Crippen LogP contribution in [0.5, 0.6) is 0 Å². The normalized spacial score (nSPS) is 14.5. The van der Waals surface area contributed by atoms with Crippen LogP contribution in [0.1, 0.15) is 32.4 Å². The topological polar surface area (TPSA) is 75.3 Å². The summed E-state index contributed by atoms with van der Waals surface area (Å²) in [5.74, 6) is 0.0119. The van der Waals surface area contributed by atoms with Crippen molar-refractivity contribution < 1.29 is 13.2 Å². The van der Waals surface area contributed by atoms with E-state index in [0.29, 0.717) is 11.6 Å². The molecule has 0 saturated carbocycles. The summed E-state index contributed by atoms with van der Waals surface area (Å²) in [5.41, 5.74) is 1.42. The molecular formula is C14H21ClN2O3S. The van der Waals surface area contributed by atoms with Crippen LogP contribution in [0.15, 0.2) is 24.3 Å². The Morgan fingerprint density at radius 1 is 1.33 bits per heavy atom. The van der Waals surface area contributed by atoms with Crippen LogP contribution in [0.3, 0.4) is 0 Å². The van der Waals surface area contributed by atoms with Gasteiger partial charge in [-0.15, -0.1) is 11.6 Å². The molecule has 2 atom stereocenters. The van der Waals surface area contributed by atoms with Crippen molar-refractivity contribution in [2.24, 2.45) is 5.92 Å². The molecule has 2 unspecified atom stereocenters. The zero-order valence-corrected chi connectivity index (χ0v) is 14.0. The van der Waals surface area contributed by atoms with Crippen molar-refractivity contribution in [1.82, 2.24) is 4.72 Å². The molecule has 0 bridgehead atoms. The summed E-state index contributed by atoms with van der Waals surface area (Å²) < 4.78 is 26.6. The quantitative estimate of drug-likeness (QED) is 0.753. The molecule has 5 nitrogen and oxygen atoms in total. The zero-order chi connectivity index (χ0) is 16.0. The third-order valence-electron chi connectivity index (χ3n) is 2.83. The number of sulfonamides is 1. The molecule has 118 valence electrons. The summed E-state index contributed by atoms with van der Waals surface area (Å²) in [5, 5.41) is 2.67. The molecule has 0 saturated heterocycles. The molecule has 0 aromatic heterocycles. The average Bonchev–Trinajstić information content (AvgIpc) is 2.36. The number of carbonyl (C=O) groups is 1. The van der Waals surface area contributed by atoms with Crippen LogP contribution in [0.25, 0.3) is 0 Å². The summed E-state index contributed by atoms with van der Waals surface area (Å²) in [6.07, 6.45) is 0. The summed E-state index contributed by atoms with van der Waals surface area (Å²) >= 11 is 5.65. The van der Waals surface area contributed by atoms with E-state index < -0.39 is 10.0 Å². The van der Waals surface area contributed by atoms with Gasteiger partial charge in [-0.3, -0.25) is 4.79 Å². The molecule has 1 aromatic carbocycles. The van der Waals surface area contributed by atoms with Gasteiger partial charge in [-0.2, -0.15) is 0 Å². The molecule has 1 aromatic rings. The lowest BCUT2D eigenvalue weighted by molar-refractivity contribution is -0.114. The molecule has 0 fully saturated rings. The predicted molar refractivity (Wildman–Crippen MR) is 86.0 cm³/mol. The number of nitrogens with one attached hydrogen (secondary N) is 2. The second-order valence-corrected chi connectivity index (χ2v) is 7.29. The molecule has 0 radical (unpaired) electrons. The molecule has 0 spiro atoms. The van der Waals surface area contributed by atoms with Gasteiger partial charge in [0.25, 0.3) is 0 Å². The van der Waals surface area contributed by atoms with E-state index in [-0.39, 0.29) is 23.6 Å².